The van der Waals surface area contributed by atoms with Crippen molar-refractivity contribution in [3.05, 3.63) is 80.2 Å². The Morgan fingerprint density at radius 2 is 1.80 bits per heavy atom. The molecular formula is C21H12Br2ClN3OS2. The van der Waals surface area contributed by atoms with E-state index in [1.165, 1.54) is 0 Å². The molecule has 0 saturated carbocycles. The van der Waals surface area contributed by atoms with Crippen LogP contribution >= 0.6 is 67.0 Å². The van der Waals surface area contributed by atoms with Gasteiger partial charge in [-0.1, -0.05) is 39.7 Å². The van der Waals surface area contributed by atoms with Crippen LogP contribution in [-0.2, 0) is 0 Å². The van der Waals surface area contributed by atoms with Crippen molar-refractivity contribution in [2.75, 3.05) is 5.32 Å². The van der Waals surface area contributed by atoms with Crippen molar-refractivity contribution in [2.24, 2.45) is 0 Å². The van der Waals surface area contributed by atoms with Crippen LogP contribution in [0.15, 0.2) is 69.6 Å². The van der Waals surface area contributed by atoms with E-state index in [-0.39, 0.29) is 11.0 Å². The van der Waals surface area contributed by atoms with Gasteiger partial charge in [0.1, 0.15) is 5.01 Å². The number of benzene rings is 3. The van der Waals surface area contributed by atoms with Gasteiger partial charge in [-0.25, -0.2) is 4.98 Å². The zero-order valence-electron chi connectivity index (χ0n) is 15.1. The van der Waals surface area contributed by atoms with Gasteiger partial charge in [0.05, 0.1) is 15.9 Å². The fourth-order valence-corrected chi connectivity index (χ4v) is 5.41. The zero-order chi connectivity index (χ0) is 21.3. The number of hydrogen-bond donors (Lipinski definition) is 2. The number of carbonyl (C=O) groups is 1. The van der Waals surface area contributed by atoms with Crippen LogP contribution in [0.25, 0.3) is 20.8 Å². The topological polar surface area (TPSA) is 54.0 Å². The Morgan fingerprint density at radius 1 is 1.07 bits per heavy atom. The fraction of sp³-hybridized carbons (Fsp3) is 0. The SMILES string of the molecule is O=C(NC(=S)Nc1c(Br)cc(Br)cc1-c1nc2ccccc2s1)c1ccc(Cl)cc1. The summed E-state index contributed by atoms with van der Waals surface area (Å²) in [6.45, 7) is 0. The van der Waals surface area contributed by atoms with Gasteiger partial charge in [0.25, 0.3) is 5.91 Å². The third-order valence-electron chi connectivity index (χ3n) is 4.15. The number of nitrogens with zero attached hydrogens (tertiary/aromatic N) is 1. The number of aromatic nitrogens is 1. The fourth-order valence-electron chi connectivity index (χ4n) is 2.78. The molecular weight excluding hydrogens is 570 g/mol. The van der Waals surface area contributed by atoms with E-state index in [2.05, 4.69) is 42.5 Å². The van der Waals surface area contributed by atoms with E-state index < -0.39 is 0 Å². The Balaban J connectivity index is 1.63. The molecule has 9 heteroatoms. The lowest BCUT2D eigenvalue weighted by Gasteiger charge is -2.15. The van der Waals surface area contributed by atoms with Crippen LogP contribution in [-0.4, -0.2) is 16.0 Å². The molecule has 0 fully saturated rings. The number of rotatable bonds is 3. The number of hydrogen-bond acceptors (Lipinski definition) is 4. The summed E-state index contributed by atoms with van der Waals surface area (Å²) in [4.78, 5) is 17.2. The summed E-state index contributed by atoms with van der Waals surface area (Å²) in [7, 11) is 0. The van der Waals surface area contributed by atoms with Crippen molar-refractivity contribution in [3.8, 4) is 10.6 Å². The van der Waals surface area contributed by atoms with Crippen molar-refractivity contribution < 1.29 is 4.79 Å². The van der Waals surface area contributed by atoms with Crippen LogP contribution in [0.4, 0.5) is 5.69 Å². The molecule has 1 aromatic heterocycles. The van der Waals surface area contributed by atoms with Gasteiger partial charge in [-0.05, 0) is 76.7 Å². The van der Waals surface area contributed by atoms with Crippen molar-refractivity contribution >= 4 is 93.9 Å². The zero-order valence-corrected chi connectivity index (χ0v) is 20.6. The lowest BCUT2D eigenvalue weighted by atomic mass is 10.2. The number of para-hydroxylation sites is 1. The van der Waals surface area contributed by atoms with Crippen LogP contribution in [0.2, 0.25) is 5.02 Å². The van der Waals surface area contributed by atoms with Crippen LogP contribution in [0, 0.1) is 0 Å². The van der Waals surface area contributed by atoms with E-state index in [1.54, 1.807) is 35.6 Å². The third kappa shape index (κ3) is 4.73. The monoisotopic (exact) mass is 579 g/mol. The predicted molar refractivity (Wildman–Crippen MR) is 136 cm³/mol. The number of carbonyl (C=O) groups excluding carboxylic acids is 1. The second-order valence-electron chi connectivity index (χ2n) is 6.21. The molecule has 1 amide bonds. The maximum atomic E-state index is 12.5. The molecule has 0 saturated heterocycles. The van der Waals surface area contributed by atoms with Crippen LogP contribution in [0.5, 0.6) is 0 Å². The van der Waals surface area contributed by atoms with Gasteiger partial charge in [-0.2, -0.15) is 0 Å². The first-order valence-corrected chi connectivity index (χ1v) is 11.8. The summed E-state index contributed by atoms with van der Waals surface area (Å²) < 4.78 is 2.77. The van der Waals surface area contributed by atoms with Gasteiger partial charge in [0, 0.05) is 25.1 Å². The van der Waals surface area contributed by atoms with E-state index in [1.807, 2.05) is 36.4 Å². The molecule has 0 radical (unpaired) electrons. The van der Waals surface area contributed by atoms with Crippen LogP contribution in [0.3, 0.4) is 0 Å². The Morgan fingerprint density at radius 3 is 2.53 bits per heavy atom. The van der Waals surface area contributed by atoms with Gasteiger partial charge in [-0.15, -0.1) is 11.3 Å². The first-order valence-electron chi connectivity index (χ1n) is 8.63. The average molecular weight is 582 g/mol. The van der Waals surface area contributed by atoms with Crippen molar-refractivity contribution in [1.82, 2.24) is 10.3 Å². The van der Waals surface area contributed by atoms with E-state index in [0.29, 0.717) is 10.6 Å². The smallest absolute Gasteiger partial charge is 0.257 e. The molecule has 2 N–H and O–H groups in total. The van der Waals surface area contributed by atoms with Crippen molar-refractivity contribution in [3.63, 3.8) is 0 Å². The van der Waals surface area contributed by atoms with Crippen molar-refractivity contribution in [2.45, 2.75) is 0 Å². The second-order valence-corrected chi connectivity index (χ2v) is 9.86. The van der Waals surface area contributed by atoms with Gasteiger partial charge in [0.2, 0.25) is 0 Å². The quantitative estimate of drug-likeness (QED) is 0.250. The normalized spacial score (nSPS) is 10.8. The number of fused-ring (bicyclic) bond motifs is 1. The molecule has 4 nitrogen and oxygen atoms in total. The Hall–Kier alpha value is -1.84. The molecule has 0 aliphatic heterocycles. The summed E-state index contributed by atoms with van der Waals surface area (Å²) in [6, 6.07) is 18.4. The highest BCUT2D eigenvalue weighted by Gasteiger charge is 2.17. The Labute approximate surface area is 203 Å². The Bertz CT molecular complexity index is 1240. The lowest BCUT2D eigenvalue weighted by molar-refractivity contribution is 0.0977. The number of thiocarbonyl (C=S) groups is 1. The molecule has 3 aromatic carbocycles. The molecule has 0 aliphatic rings. The first-order chi connectivity index (χ1) is 14.4. The second kappa shape index (κ2) is 9.11. The molecule has 0 unspecified atom stereocenters. The molecule has 0 bridgehead atoms. The number of thiazole rings is 1. The lowest BCUT2D eigenvalue weighted by Crippen LogP contribution is -2.34. The summed E-state index contributed by atoms with van der Waals surface area (Å²) in [5.74, 6) is -0.320. The van der Waals surface area contributed by atoms with Gasteiger partial charge < -0.3 is 5.32 Å². The van der Waals surface area contributed by atoms with Crippen molar-refractivity contribution in [1.29, 1.82) is 0 Å². The van der Waals surface area contributed by atoms with Gasteiger partial charge in [-0.3, -0.25) is 10.1 Å². The molecule has 0 spiro atoms. The predicted octanol–water partition coefficient (Wildman–Crippen LogP) is 7.27. The molecule has 0 aliphatic carbocycles. The summed E-state index contributed by atoms with van der Waals surface area (Å²) in [5.41, 5.74) is 2.97. The van der Waals surface area contributed by atoms with Gasteiger partial charge in [0.15, 0.2) is 5.11 Å². The van der Waals surface area contributed by atoms with Gasteiger partial charge >= 0.3 is 0 Å². The minimum atomic E-state index is -0.320. The average Bonchev–Trinajstić information content (AvgIpc) is 3.14. The largest absolute Gasteiger partial charge is 0.331 e. The minimum absolute atomic E-state index is 0.181. The van der Waals surface area contributed by atoms with E-state index in [9.17, 15) is 4.79 Å². The first kappa shape index (κ1) is 21.4. The van der Waals surface area contributed by atoms with E-state index in [0.717, 1.165) is 35.4 Å². The maximum Gasteiger partial charge on any atom is 0.257 e. The molecule has 4 rings (SSSR count). The number of nitrogens with one attached hydrogen (secondary N) is 2. The molecule has 30 heavy (non-hydrogen) atoms. The van der Waals surface area contributed by atoms with E-state index >= 15 is 0 Å². The summed E-state index contributed by atoms with van der Waals surface area (Å²) in [5, 5.41) is 7.42. The highest BCUT2D eigenvalue weighted by Crippen LogP contribution is 2.40. The third-order valence-corrected chi connectivity index (χ3v) is 6.76. The highest BCUT2D eigenvalue weighted by atomic mass is 79.9. The molecule has 4 aromatic rings. The number of halogens is 3. The van der Waals surface area contributed by atoms with E-state index in [4.69, 9.17) is 28.8 Å². The molecule has 0 atom stereocenters. The minimum Gasteiger partial charge on any atom is -0.331 e. The number of anilines is 1. The summed E-state index contributed by atoms with van der Waals surface area (Å²) >= 11 is 20.0. The van der Waals surface area contributed by atoms with Crippen LogP contribution in [0.1, 0.15) is 10.4 Å². The molecule has 1 heterocycles. The van der Waals surface area contributed by atoms with Crippen LogP contribution < -0.4 is 10.6 Å². The maximum absolute atomic E-state index is 12.5. The molecule has 150 valence electrons. The number of amides is 1. The standard InChI is InChI=1S/C21H12Br2ClN3OS2/c22-12-9-14(20-25-16-3-1-2-4-17(16)30-20)18(15(23)10-12)26-21(29)27-19(28)11-5-7-13(24)8-6-11/h1-10H,(H2,26,27,28,29). The Kier molecular flexibility index (Phi) is 6.50. The highest BCUT2D eigenvalue weighted by molar-refractivity contribution is 9.11. The summed E-state index contributed by atoms with van der Waals surface area (Å²) in [6.07, 6.45) is 0.